The lowest BCUT2D eigenvalue weighted by Gasteiger charge is -2.18. The van der Waals surface area contributed by atoms with Gasteiger partial charge in [0.05, 0.1) is 9.82 Å². The predicted molar refractivity (Wildman–Crippen MR) is 99.0 cm³/mol. The largest absolute Gasteiger partial charge is 0.477 e. The van der Waals surface area contributed by atoms with Gasteiger partial charge in [0.1, 0.15) is 0 Å². The van der Waals surface area contributed by atoms with E-state index < -0.39 is 33.1 Å². The summed E-state index contributed by atoms with van der Waals surface area (Å²) in [7, 11) is -3.77. The van der Waals surface area contributed by atoms with Gasteiger partial charge in [-0.05, 0) is 37.8 Å². The molecule has 1 aliphatic rings. The fourth-order valence-corrected chi connectivity index (χ4v) is 4.14. The second-order valence-corrected chi connectivity index (χ2v) is 8.82. The average Bonchev–Trinajstić information content (AvgIpc) is 3.15. The number of sulfonamides is 1. The second-order valence-electron chi connectivity index (χ2n) is 6.89. The summed E-state index contributed by atoms with van der Waals surface area (Å²) in [5.74, 6) is -0.314. The van der Waals surface area contributed by atoms with Crippen molar-refractivity contribution in [3.63, 3.8) is 0 Å². The number of benzene rings is 1. The summed E-state index contributed by atoms with van der Waals surface area (Å²) in [6, 6.07) is 3.41. The van der Waals surface area contributed by atoms with Crippen LogP contribution < -0.4 is 10.1 Å². The molecule has 1 aromatic rings. The van der Waals surface area contributed by atoms with Gasteiger partial charge in [-0.3, -0.25) is 14.9 Å². The monoisotopic (exact) mass is 399 g/mol. The van der Waals surface area contributed by atoms with Gasteiger partial charge in [-0.15, -0.1) is 0 Å². The molecule has 1 N–H and O–H groups in total. The minimum atomic E-state index is -3.77. The van der Waals surface area contributed by atoms with E-state index in [-0.39, 0.29) is 22.6 Å². The van der Waals surface area contributed by atoms with Gasteiger partial charge in [0.15, 0.2) is 12.4 Å². The van der Waals surface area contributed by atoms with E-state index in [1.54, 1.807) is 0 Å². The van der Waals surface area contributed by atoms with Crippen LogP contribution >= 0.6 is 0 Å². The zero-order chi connectivity index (χ0) is 20.2. The maximum Gasteiger partial charge on any atom is 0.312 e. The van der Waals surface area contributed by atoms with Gasteiger partial charge in [-0.25, -0.2) is 8.42 Å². The lowest BCUT2D eigenvalue weighted by Crippen LogP contribution is -2.39. The first-order chi connectivity index (χ1) is 12.6. The third kappa shape index (κ3) is 5.16. The van der Waals surface area contributed by atoms with E-state index >= 15 is 0 Å². The highest BCUT2D eigenvalue weighted by Gasteiger charge is 2.30. The van der Waals surface area contributed by atoms with Gasteiger partial charge in [0, 0.05) is 25.2 Å². The minimum absolute atomic E-state index is 0.0657. The summed E-state index contributed by atoms with van der Waals surface area (Å²) in [5.41, 5.74) is -0.486. The molecule has 10 heteroatoms. The van der Waals surface area contributed by atoms with Crippen LogP contribution in [0.2, 0.25) is 0 Å². The van der Waals surface area contributed by atoms with Crippen LogP contribution in [0.5, 0.6) is 5.75 Å². The smallest absolute Gasteiger partial charge is 0.312 e. The Balaban J connectivity index is 2.16. The summed E-state index contributed by atoms with van der Waals surface area (Å²) >= 11 is 0. The second kappa shape index (κ2) is 8.66. The molecule has 0 saturated carbocycles. The standard InChI is InChI=1S/C17H25N3O6S/c1-12(2)13(3)18-17(21)11-26-16-7-6-14(10-15(16)20(22)23)27(24,25)19-8-4-5-9-19/h6-7,10,12-13H,4-5,8-9,11H2,1-3H3,(H,18,21)/t13-/m1/s1. The molecular formula is C17H25N3O6S. The first kappa shape index (κ1) is 21.1. The number of nitrogens with one attached hydrogen (secondary N) is 1. The molecule has 0 spiro atoms. The number of nitro benzene ring substituents is 1. The number of carbonyl (C=O) groups is 1. The van der Waals surface area contributed by atoms with Gasteiger partial charge in [0.2, 0.25) is 10.0 Å². The molecule has 0 bridgehead atoms. The van der Waals surface area contributed by atoms with Gasteiger partial charge in [-0.1, -0.05) is 13.8 Å². The van der Waals surface area contributed by atoms with Crippen LogP contribution in [-0.2, 0) is 14.8 Å². The maximum absolute atomic E-state index is 12.6. The topological polar surface area (TPSA) is 119 Å². The normalized spacial score (nSPS) is 16.3. The van der Waals surface area contributed by atoms with E-state index in [9.17, 15) is 23.3 Å². The molecule has 0 radical (unpaired) electrons. The van der Waals surface area contributed by atoms with Crippen molar-refractivity contribution in [1.29, 1.82) is 0 Å². The molecule has 150 valence electrons. The zero-order valence-electron chi connectivity index (χ0n) is 15.7. The molecule has 0 aromatic heterocycles. The van der Waals surface area contributed by atoms with Crippen molar-refractivity contribution in [3.8, 4) is 5.75 Å². The van der Waals surface area contributed by atoms with Crippen molar-refractivity contribution in [2.45, 2.75) is 44.6 Å². The third-order valence-corrected chi connectivity index (χ3v) is 6.47. The van der Waals surface area contributed by atoms with Gasteiger partial charge in [-0.2, -0.15) is 4.31 Å². The van der Waals surface area contributed by atoms with E-state index in [2.05, 4.69) is 5.32 Å². The number of rotatable bonds is 8. The van der Waals surface area contributed by atoms with Crippen molar-refractivity contribution >= 4 is 21.6 Å². The quantitative estimate of drug-likeness (QED) is 0.527. The zero-order valence-corrected chi connectivity index (χ0v) is 16.5. The average molecular weight is 399 g/mol. The summed E-state index contributed by atoms with van der Waals surface area (Å²) in [5, 5.41) is 14.1. The fraction of sp³-hybridized carbons (Fsp3) is 0.588. The summed E-state index contributed by atoms with van der Waals surface area (Å²) < 4.78 is 31.7. The first-order valence-electron chi connectivity index (χ1n) is 8.83. The van der Waals surface area contributed by atoms with Gasteiger partial charge >= 0.3 is 5.69 Å². The van der Waals surface area contributed by atoms with Crippen LogP contribution in [0, 0.1) is 16.0 Å². The third-order valence-electron chi connectivity index (χ3n) is 4.58. The van der Waals surface area contributed by atoms with Gasteiger partial charge in [0.25, 0.3) is 5.91 Å². The Kier molecular flexibility index (Phi) is 6.77. The maximum atomic E-state index is 12.6. The Morgan fingerprint density at radius 3 is 2.48 bits per heavy atom. The van der Waals surface area contributed by atoms with Crippen LogP contribution in [0.1, 0.15) is 33.6 Å². The summed E-state index contributed by atoms with van der Waals surface area (Å²) in [4.78, 5) is 22.4. The van der Waals surface area contributed by atoms with E-state index in [0.29, 0.717) is 13.1 Å². The highest BCUT2D eigenvalue weighted by atomic mass is 32.2. The van der Waals surface area contributed by atoms with Crippen LogP contribution in [0.3, 0.4) is 0 Å². The Hall–Kier alpha value is -2.20. The summed E-state index contributed by atoms with van der Waals surface area (Å²) in [6.45, 7) is 6.18. The van der Waals surface area contributed by atoms with E-state index in [1.807, 2.05) is 20.8 Å². The van der Waals surface area contributed by atoms with Crippen LogP contribution in [-0.4, -0.2) is 49.3 Å². The van der Waals surface area contributed by atoms with E-state index in [0.717, 1.165) is 18.9 Å². The molecule has 0 aliphatic carbocycles. The van der Waals surface area contributed by atoms with E-state index in [4.69, 9.17) is 4.74 Å². The Morgan fingerprint density at radius 1 is 1.30 bits per heavy atom. The molecule has 1 heterocycles. The number of amides is 1. The minimum Gasteiger partial charge on any atom is -0.477 e. The van der Waals surface area contributed by atoms with Crippen molar-refractivity contribution < 1.29 is 22.9 Å². The molecule has 9 nitrogen and oxygen atoms in total. The van der Waals surface area contributed by atoms with Crippen LogP contribution in [0.15, 0.2) is 23.1 Å². The van der Waals surface area contributed by atoms with Gasteiger partial charge < -0.3 is 10.1 Å². The molecule has 2 rings (SSSR count). The molecule has 0 unspecified atom stereocenters. The molecule has 1 amide bonds. The van der Waals surface area contributed by atoms with E-state index in [1.165, 1.54) is 16.4 Å². The Labute approximate surface area is 158 Å². The van der Waals surface area contributed by atoms with Crippen LogP contribution in [0.25, 0.3) is 0 Å². The SMILES string of the molecule is CC(C)[C@@H](C)NC(=O)COc1ccc(S(=O)(=O)N2CCCC2)cc1[N+](=O)[O-]. The molecule has 1 atom stereocenters. The lowest BCUT2D eigenvalue weighted by atomic mass is 10.1. The number of nitro groups is 1. The Morgan fingerprint density at radius 2 is 1.93 bits per heavy atom. The lowest BCUT2D eigenvalue weighted by molar-refractivity contribution is -0.386. The number of nitrogens with zero attached hydrogens (tertiary/aromatic N) is 2. The predicted octanol–water partition coefficient (Wildman–Crippen LogP) is 1.92. The molecule has 1 saturated heterocycles. The highest BCUT2D eigenvalue weighted by Crippen LogP contribution is 2.31. The number of carbonyl (C=O) groups excluding carboxylic acids is 1. The number of hydrogen-bond acceptors (Lipinski definition) is 6. The summed E-state index contributed by atoms with van der Waals surface area (Å²) in [6.07, 6.45) is 1.54. The van der Waals surface area contributed by atoms with Crippen molar-refractivity contribution in [1.82, 2.24) is 9.62 Å². The number of ether oxygens (including phenoxy) is 1. The fourth-order valence-electron chi connectivity index (χ4n) is 2.61. The molecule has 1 aliphatic heterocycles. The Bertz CT molecular complexity index is 803. The number of hydrogen-bond donors (Lipinski definition) is 1. The molecule has 1 aromatic carbocycles. The highest BCUT2D eigenvalue weighted by molar-refractivity contribution is 7.89. The molecule has 1 fully saturated rings. The molecular weight excluding hydrogens is 374 g/mol. The first-order valence-corrected chi connectivity index (χ1v) is 10.3. The van der Waals surface area contributed by atoms with Crippen molar-refractivity contribution in [2.24, 2.45) is 5.92 Å². The van der Waals surface area contributed by atoms with Crippen molar-refractivity contribution in [3.05, 3.63) is 28.3 Å². The van der Waals surface area contributed by atoms with Crippen molar-refractivity contribution in [2.75, 3.05) is 19.7 Å². The molecule has 27 heavy (non-hydrogen) atoms. The van der Waals surface area contributed by atoms with Crippen LogP contribution in [0.4, 0.5) is 5.69 Å².